The van der Waals surface area contributed by atoms with Crippen LogP contribution in [0.2, 0.25) is 0 Å². The molecule has 1 rings (SSSR count). The third-order valence-corrected chi connectivity index (χ3v) is 3.11. The van der Waals surface area contributed by atoms with Crippen LogP contribution in [-0.4, -0.2) is 11.4 Å². The fourth-order valence-corrected chi connectivity index (χ4v) is 1.66. The first-order valence-electron chi connectivity index (χ1n) is 5.69. The molecule has 0 saturated carbocycles. The maximum absolute atomic E-state index is 11.7. The Morgan fingerprint density at radius 1 is 1.47 bits per heavy atom. The van der Waals surface area contributed by atoms with Crippen molar-refractivity contribution in [2.75, 3.05) is 0 Å². The molecule has 2 nitrogen and oxygen atoms in total. The average Bonchev–Trinajstić information content (AvgIpc) is 2.26. The van der Waals surface area contributed by atoms with Crippen LogP contribution in [0.25, 0.3) is 6.08 Å². The Labute approximate surface area is 111 Å². The van der Waals surface area contributed by atoms with Crippen molar-refractivity contribution in [1.29, 1.82) is 0 Å². The largest absolute Gasteiger partial charge is 0.348 e. The van der Waals surface area contributed by atoms with Gasteiger partial charge in [0.2, 0.25) is 5.91 Å². The number of hydrogen-bond acceptors (Lipinski definition) is 1. The first-order valence-corrected chi connectivity index (χ1v) is 6.48. The third kappa shape index (κ3) is 5.18. The quantitative estimate of drug-likeness (QED) is 0.842. The average molecular weight is 296 g/mol. The molecule has 0 unspecified atom stereocenters. The molecule has 0 aliphatic heterocycles. The summed E-state index contributed by atoms with van der Waals surface area (Å²) in [7, 11) is 0. The monoisotopic (exact) mass is 295 g/mol. The fraction of sp³-hybridized carbons (Fsp3) is 0.357. The van der Waals surface area contributed by atoms with Crippen molar-refractivity contribution in [2.24, 2.45) is 0 Å². The van der Waals surface area contributed by atoms with E-state index in [1.54, 1.807) is 6.08 Å². The molecule has 0 aliphatic rings. The van der Waals surface area contributed by atoms with Gasteiger partial charge in [-0.25, -0.2) is 0 Å². The number of hydrogen-bond donors (Lipinski definition) is 1. The molecular formula is C14H18BrNO. The second-order valence-electron chi connectivity index (χ2n) is 4.62. The van der Waals surface area contributed by atoms with E-state index in [1.165, 1.54) is 0 Å². The molecule has 0 spiro atoms. The molecule has 0 bridgehead atoms. The van der Waals surface area contributed by atoms with Crippen LogP contribution in [0.15, 0.2) is 34.8 Å². The minimum atomic E-state index is -0.154. The van der Waals surface area contributed by atoms with E-state index in [4.69, 9.17) is 0 Å². The van der Waals surface area contributed by atoms with Crippen molar-refractivity contribution >= 4 is 27.9 Å². The molecule has 0 radical (unpaired) electrons. The van der Waals surface area contributed by atoms with Gasteiger partial charge in [0.25, 0.3) is 0 Å². The van der Waals surface area contributed by atoms with E-state index < -0.39 is 0 Å². The Balaban J connectivity index is 2.63. The molecule has 1 amide bonds. The van der Waals surface area contributed by atoms with E-state index in [-0.39, 0.29) is 11.4 Å². The normalized spacial score (nSPS) is 11.8. The summed E-state index contributed by atoms with van der Waals surface area (Å²) < 4.78 is 1.01. The van der Waals surface area contributed by atoms with Crippen LogP contribution in [-0.2, 0) is 4.79 Å². The van der Waals surface area contributed by atoms with E-state index in [9.17, 15) is 4.79 Å². The number of nitrogens with one attached hydrogen (secondary N) is 1. The van der Waals surface area contributed by atoms with Crippen LogP contribution in [0.4, 0.5) is 0 Å². The summed E-state index contributed by atoms with van der Waals surface area (Å²) in [4.78, 5) is 11.7. The molecule has 0 aliphatic carbocycles. The third-order valence-electron chi connectivity index (χ3n) is 2.62. The van der Waals surface area contributed by atoms with Crippen molar-refractivity contribution in [1.82, 2.24) is 5.32 Å². The fourth-order valence-electron chi connectivity index (χ4n) is 1.25. The van der Waals surface area contributed by atoms with Crippen molar-refractivity contribution < 1.29 is 4.79 Å². The highest BCUT2D eigenvalue weighted by molar-refractivity contribution is 9.10. The first-order chi connectivity index (χ1) is 7.93. The number of benzene rings is 1. The standard InChI is InChI=1S/C14H18BrNO/c1-4-14(2,3)16-13(17)9-8-11-6-5-7-12(15)10-11/h5-10H,4H2,1-3H3,(H,16,17). The summed E-state index contributed by atoms with van der Waals surface area (Å²) >= 11 is 3.39. The van der Waals surface area contributed by atoms with E-state index in [1.807, 2.05) is 44.2 Å². The highest BCUT2D eigenvalue weighted by Crippen LogP contribution is 2.13. The molecule has 0 saturated heterocycles. The summed E-state index contributed by atoms with van der Waals surface area (Å²) in [5.74, 6) is -0.0585. The molecule has 0 heterocycles. The Morgan fingerprint density at radius 2 is 2.18 bits per heavy atom. The van der Waals surface area contributed by atoms with Crippen molar-refractivity contribution in [2.45, 2.75) is 32.7 Å². The Kier molecular flexibility index (Phi) is 4.94. The lowest BCUT2D eigenvalue weighted by Gasteiger charge is -2.23. The molecule has 3 heteroatoms. The number of carbonyl (C=O) groups excluding carboxylic acids is 1. The second kappa shape index (κ2) is 6.01. The van der Waals surface area contributed by atoms with Crippen LogP contribution in [0, 0.1) is 0 Å². The van der Waals surface area contributed by atoms with Gasteiger partial charge < -0.3 is 5.32 Å². The smallest absolute Gasteiger partial charge is 0.244 e. The summed E-state index contributed by atoms with van der Waals surface area (Å²) in [6, 6.07) is 7.82. The van der Waals surface area contributed by atoms with Crippen LogP contribution in [0.5, 0.6) is 0 Å². The Bertz CT molecular complexity index is 424. The lowest BCUT2D eigenvalue weighted by atomic mass is 10.0. The van der Waals surface area contributed by atoms with Gasteiger partial charge in [-0.15, -0.1) is 0 Å². The van der Waals surface area contributed by atoms with Crippen molar-refractivity contribution in [3.8, 4) is 0 Å². The molecule has 0 fully saturated rings. The van der Waals surface area contributed by atoms with Crippen LogP contribution in [0.1, 0.15) is 32.8 Å². The van der Waals surface area contributed by atoms with Crippen LogP contribution >= 0.6 is 15.9 Å². The minimum Gasteiger partial charge on any atom is -0.348 e. The minimum absolute atomic E-state index is 0.0585. The van der Waals surface area contributed by atoms with Crippen molar-refractivity contribution in [3.05, 3.63) is 40.4 Å². The molecule has 1 aromatic rings. The van der Waals surface area contributed by atoms with Gasteiger partial charge in [0.15, 0.2) is 0 Å². The van der Waals surface area contributed by atoms with Gasteiger partial charge >= 0.3 is 0 Å². The summed E-state index contributed by atoms with van der Waals surface area (Å²) in [5, 5.41) is 2.95. The second-order valence-corrected chi connectivity index (χ2v) is 5.53. The molecule has 0 atom stereocenters. The van der Waals surface area contributed by atoms with E-state index >= 15 is 0 Å². The number of halogens is 1. The zero-order chi connectivity index (χ0) is 12.9. The van der Waals surface area contributed by atoms with Gasteiger partial charge in [-0.2, -0.15) is 0 Å². The first kappa shape index (κ1) is 14.0. The highest BCUT2D eigenvalue weighted by atomic mass is 79.9. The molecular weight excluding hydrogens is 278 g/mol. The molecule has 0 aromatic heterocycles. The molecule has 17 heavy (non-hydrogen) atoms. The lowest BCUT2D eigenvalue weighted by molar-refractivity contribution is -0.117. The van der Waals surface area contributed by atoms with Gasteiger partial charge in [0, 0.05) is 16.1 Å². The summed E-state index contributed by atoms with van der Waals surface area (Å²) in [6.45, 7) is 6.08. The predicted molar refractivity (Wildman–Crippen MR) is 75.7 cm³/mol. The summed E-state index contributed by atoms with van der Waals surface area (Å²) in [5.41, 5.74) is 0.849. The number of amides is 1. The van der Waals surface area contributed by atoms with E-state index in [0.717, 1.165) is 16.5 Å². The zero-order valence-electron chi connectivity index (χ0n) is 10.5. The maximum atomic E-state index is 11.7. The van der Waals surface area contributed by atoms with Crippen LogP contribution < -0.4 is 5.32 Å². The van der Waals surface area contributed by atoms with Crippen molar-refractivity contribution in [3.63, 3.8) is 0 Å². The highest BCUT2D eigenvalue weighted by Gasteiger charge is 2.15. The Morgan fingerprint density at radius 3 is 2.76 bits per heavy atom. The van der Waals surface area contributed by atoms with Gasteiger partial charge in [-0.3, -0.25) is 4.79 Å². The summed E-state index contributed by atoms with van der Waals surface area (Å²) in [6.07, 6.45) is 4.29. The van der Waals surface area contributed by atoms with E-state index in [0.29, 0.717) is 0 Å². The zero-order valence-corrected chi connectivity index (χ0v) is 12.0. The SMILES string of the molecule is CCC(C)(C)NC(=O)C=Cc1cccc(Br)c1. The lowest BCUT2D eigenvalue weighted by Crippen LogP contribution is -2.41. The van der Waals surface area contributed by atoms with Gasteiger partial charge in [-0.05, 0) is 44.0 Å². The molecule has 92 valence electrons. The topological polar surface area (TPSA) is 29.1 Å². The predicted octanol–water partition coefficient (Wildman–Crippen LogP) is 3.77. The number of carbonyl (C=O) groups is 1. The van der Waals surface area contributed by atoms with Gasteiger partial charge in [-0.1, -0.05) is 35.0 Å². The molecule has 1 aromatic carbocycles. The van der Waals surface area contributed by atoms with Crippen LogP contribution in [0.3, 0.4) is 0 Å². The van der Waals surface area contributed by atoms with Gasteiger partial charge in [0.05, 0.1) is 0 Å². The van der Waals surface area contributed by atoms with E-state index in [2.05, 4.69) is 28.2 Å². The number of rotatable bonds is 4. The van der Waals surface area contributed by atoms with Gasteiger partial charge in [0.1, 0.15) is 0 Å². The Hall–Kier alpha value is -1.09. The molecule has 1 N–H and O–H groups in total. The maximum Gasteiger partial charge on any atom is 0.244 e.